The van der Waals surface area contributed by atoms with Crippen LogP contribution < -0.4 is 0 Å². The fourth-order valence-electron chi connectivity index (χ4n) is 10.6. The molecule has 9 aromatic rings. The van der Waals surface area contributed by atoms with Gasteiger partial charge in [-0.25, -0.2) is 0 Å². The van der Waals surface area contributed by atoms with Crippen LogP contribution in [0.2, 0.25) is 0 Å². The van der Waals surface area contributed by atoms with Crippen molar-refractivity contribution < 1.29 is 8.83 Å². The number of hydrogen-bond acceptors (Lipinski definition) is 2. The van der Waals surface area contributed by atoms with E-state index in [2.05, 4.69) is 203 Å². The zero-order valence-corrected chi connectivity index (χ0v) is 41.3. The Kier molecular flexibility index (Phi) is 14.1. The summed E-state index contributed by atoms with van der Waals surface area (Å²) in [6.45, 7) is 20.1. The van der Waals surface area contributed by atoms with Crippen molar-refractivity contribution in [1.82, 2.24) is 4.57 Å². The van der Waals surface area contributed by atoms with E-state index in [9.17, 15) is 0 Å². The van der Waals surface area contributed by atoms with Gasteiger partial charge in [0.05, 0.1) is 11.0 Å². The van der Waals surface area contributed by atoms with E-state index >= 15 is 0 Å². The Bertz CT molecular complexity index is 3540. The summed E-state index contributed by atoms with van der Waals surface area (Å²) in [7, 11) is 0. The van der Waals surface area contributed by atoms with Gasteiger partial charge in [0.2, 0.25) is 0 Å². The van der Waals surface area contributed by atoms with Gasteiger partial charge < -0.3 is 13.4 Å². The Hall–Kier alpha value is -7.36. The number of hydrogen-bond donors (Lipinski definition) is 0. The highest BCUT2D eigenvalue weighted by atomic mass is 16.3. The highest BCUT2D eigenvalue weighted by Crippen LogP contribution is 2.50. The van der Waals surface area contributed by atoms with Gasteiger partial charge in [0.1, 0.15) is 22.3 Å². The Labute approximate surface area is 408 Å². The van der Waals surface area contributed by atoms with E-state index in [1.807, 2.05) is 26.0 Å². The number of aromatic nitrogens is 1. The zero-order chi connectivity index (χ0) is 48.0. The lowest BCUT2D eigenvalue weighted by molar-refractivity contribution is 0.500. The SMILES string of the molecule is C=CC=C.CC.CC/C=C\C/C=C\CC1C=C/C=C\C/C(C(C)C2CC(C)=C(C)c3c2ccc2c3c3ccc(-c4ccc5c(c4)oc4ccccc45)cc3n2-c2ccc3c(c2)oc2ccccc23)=C\1. The van der Waals surface area contributed by atoms with Crippen LogP contribution in [-0.2, 0) is 0 Å². The minimum Gasteiger partial charge on any atom is -0.456 e. The molecule has 0 saturated carbocycles. The van der Waals surface area contributed by atoms with Gasteiger partial charge in [-0.15, -0.1) is 0 Å². The van der Waals surface area contributed by atoms with E-state index in [0.717, 1.165) is 92.8 Å². The second-order valence-electron chi connectivity index (χ2n) is 18.3. The zero-order valence-electron chi connectivity index (χ0n) is 41.3. The number of nitrogens with zero attached hydrogens (tertiary/aromatic N) is 1. The summed E-state index contributed by atoms with van der Waals surface area (Å²) in [5.41, 5.74) is 16.7. The molecule has 3 atom stereocenters. The highest BCUT2D eigenvalue weighted by Gasteiger charge is 2.32. The van der Waals surface area contributed by atoms with Gasteiger partial charge in [-0.05, 0) is 140 Å². The maximum absolute atomic E-state index is 6.51. The van der Waals surface area contributed by atoms with Gasteiger partial charge >= 0.3 is 0 Å². The monoisotopic (exact) mass is 904 g/mol. The molecule has 0 fully saturated rings. The topological polar surface area (TPSA) is 31.2 Å². The molecule has 2 aliphatic carbocycles. The predicted molar refractivity (Wildman–Crippen MR) is 300 cm³/mol. The minimum absolute atomic E-state index is 0.367. The second-order valence-corrected chi connectivity index (χ2v) is 18.3. The van der Waals surface area contributed by atoms with Crippen LogP contribution in [0.1, 0.15) is 90.7 Å². The normalized spacial score (nSPS) is 17.7. The summed E-state index contributed by atoms with van der Waals surface area (Å²) in [4.78, 5) is 0. The quantitative estimate of drug-likeness (QED) is 0.101. The number of para-hydroxylation sites is 2. The van der Waals surface area contributed by atoms with E-state index in [0.29, 0.717) is 17.8 Å². The fourth-order valence-corrected chi connectivity index (χ4v) is 10.6. The maximum atomic E-state index is 6.51. The third-order valence-electron chi connectivity index (χ3n) is 14.2. The van der Waals surface area contributed by atoms with Crippen LogP contribution in [0.15, 0.2) is 215 Å². The average Bonchev–Trinajstić information content (AvgIpc) is 4.05. The van der Waals surface area contributed by atoms with Crippen molar-refractivity contribution >= 4 is 71.3 Å². The van der Waals surface area contributed by atoms with Crippen molar-refractivity contribution in [3.63, 3.8) is 0 Å². The van der Waals surface area contributed by atoms with Crippen LogP contribution >= 0.6 is 0 Å². The van der Waals surface area contributed by atoms with E-state index in [1.54, 1.807) is 12.2 Å². The summed E-state index contributed by atoms with van der Waals surface area (Å²) in [6.07, 6.45) is 29.4. The average molecular weight is 904 g/mol. The predicted octanol–water partition coefficient (Wildman–Crippen LogP) is 19.9. The number of rotatable bonds is 10. The van der Waals surface area contributed by atoms with Crippen LogP contribution in [0, 0.1) is 11.8 Å². The van der Waals surface area contributed by atoms with Crippen LogP contribution in [0.3, 0.4) is 0 Å². The molecule has 0 amide bonds. The van der Waals surface area contributed by atoms with E-state index in [4.69, 9.17) is 8.83 Å². The number of benzene rings is 6. The van der Waals surface area contributed by atoms with Crippen molar-refractivity contribution in [2.75, 3.05) is 0 Å². The second kappa shape index (κ2) is 20.9. The molecule has 0 N–H and O–H groups in total. The molecule has 0 radical (unpaired) electrons. The largest absolute Gasteiger partial charge is 0.456 e. The molecule has 3 nitrogen and oxygen atoms in total. The Morgan fingerprint density at radius 3 is 2.01 bits per heavy atom. The molecule has 3 unspecified atom stereocenters. The first kappa shape index (κ1) is 46.7. The maximum Gasteiger partial charge on any atom is 0.137 e. The first-order valence-corrected chi connectivity index (χ1v) is 25.0. The van der Waals surface area contributed by atoms with Gasteiger partial charge in [0.25, 0.3) is 0 Å². The van der Waals surface area contributed by atoms with Crippen molar-refractivity contribution in [3.05, 3.63) is 218 Å². The summed E-state index contributed by atoms with van der Waals surface area (Å²) in [6, 6.07) is 42.0. The Morgan fingerprint density at radius 2 is 1.30 bits per heavy atom. The lowest BCUT2D eigenvalue weighted by atomic mass is 9.70. The molecule has 0 spiro atoms. The van der Waals surface area contributed by atoms with Crippen molar-refractivity contribution in [2.45, 2.75) is 79.6 Å². The van der Waals surface area contributed by atoms with Crippen molar-refractivity contribution in [3.8, 4) is 16.8 Å². The van der Waals surface area contributed by atoms with Crippen LogP contribution in [0.4, 0.5) is 0 Å². The molecule has 69 heavy (non-hydrogen) atoms. The Balaban J connectivity index is 0.000000942. The van der Waals surface area contributed by atoms with Crippen LogP contribution in [0.5, 0.6) is 0 Å². The van der Waals surface area contributed by atoms with E-state index in [-0.39, 0.29) is 0 Å². The molecular formula is C66H65NO2. The molecule has 11 rings (SSSR count). The molecule has 0 aliphatic heterocycles. The van der Waals surface area contributed by atoms with Gasteiger partial charge in [-0.1, -0.05) is 179 Å². The number of furan rings is 2. The first-order valence-electron chi connectivity index (χ1n) is 25.0. The molecule has 3 heterocycles. The van der Waals surface area contributed by atoms with Crippen molar-refractivity contribution in [2.24, 2.45) is 11.8 Å². The number of allylic oxidation sites excluding steroid dienone is 14. The standard InChI is InChI=1S/C60H53NO2.C4H6.C2H6/c1-5-6-7-8-9-11-18-41-19-12-10-13-20-42(34-41)40(4)52-33-38(2)39(3)59-50(52)31-32-53-60(59)51-29-26-43(44-25-28-48-46-21-14-16-23-55(46)62-57(48)36-44)35-54(51)61(53)45-27-30-49-47-22-15-17-24-56(47)63-58(49)37-45;1-3-4-2;1-2/h6-7,9-17,19,21-32,34-37,40-41,52H,5,8,18,20,33H2,1-4H3;3-4H,1-2H2;1-2H3/b7-6-,11-9-,13-10-,19-12?,42-34+;;. The molecule has 346 valence electrons. The molecular weight excluding hydrogens is 839 g/mol. The van der Waals surface area contributed by atoms with Crippen LogP contribution in [0.25, 0.3) is 88.1 Å². The van der Waals surface area contributed by atoms with Gasteiger partial charge in [0, 0.05) is 44.1 Å². The molecule has 3 heteroatoms. The van der Waals surface area contributed by atoms with E-state index < -0.39 is 0 Å². The van der Waals surface area contributed by atoms with Gasteiger partial charge in [-0.2, -0.15) is 0 Å². The highest BCUT2D eigenvalue weighted by molar-refractivity contribution is 6.16. The summed E-state index contributed by atoms with van der Waals surface area (Å²) < 4.78 is 15.4. The lowest BCUT2D eigenvalue weighted by Gasteiger charge is -2.34. The van der Waals surface area contributed by atoms with Crippen molar-refractivity contribution in [1.29, 1.82) is 0 Å². The fraction of sp³-hybridized carbons (Fsp3) is 0.212. The minimum atomic E-state index is 0.367. The van der Waals surface area contributed by atoms with Gasteiger partial charge in [0.15, 0.2) is 0 Å². The number of fused-ring (bicyclic) bond motifs is 11. The van der Waals surface area contributed by atoms with Gasteiger partial charge in [-0.3, -0.25) is 0 Å². The molecule has 0 bridgehead atoms. The summed E-state index contributed by atoms with van der Waals surface area (Å²) in [5, 5.41) is 7.16. The molecule has 0 saturated heterocycles. The third-order valence-corrected chi connectivity index (χ3v) is 14.2. The third kappa shape index (κ3) is 9.07. The lowest BCUT2D eigenvalue weighted by Crippen LogP contribution is -2.19. The Morgan fingerprint density at radius 1 is 0.667 bits per heavy atom. The van der Waals surface area contributed by atoms with E-state index in [1.165, 1.54) is 49.7 Å². The smallest absolute Gasteiger partial charge is 0.137 e. The van der Waals surface area contributed by atoms with Crippen LogP contribution in [-0.4, -0.2) is 4.57 Å². The summed E-state index contributed by atoms with van der Waals surface area (Å²) in [5.74, 6) is 1.13. The molecule has 6 aromatic carbocycles. The molecule has 2 aliphatic rings. The first-order chi connectivity index (χ1) is 33.9. The molecule has 3 aromatic heterocycles. The summed E-state index contributed by atoms with van der Waals surface area (Å²) >= 11 is 0.